The molecule has 4 rings (SSSR count). The van der Waals surface area contributed by atoms with Gasteiger partial charge in [0.2, 0.25) is 0 Å². The van der Waals surface area contributed by atoms with Crippen molar-refractivity contribution in [1.82, 2.24) is 4.57 Å². The Morgan fingerprint density at radius 1 is 1.00 bits per heavy atom. The van der Waals surface area contributed by atoms with Crippen LogP contribution in [0.2, 0.25) is 0 Å². The van der Waals surface area contributed by atoms with E-state index in [1.165, 1.54) is 15.9 Å². The SMILES string of the molecule is CCOC(=O)C1=C(C)N=c2sc(=Cc3ccc(OC(C)C(=O)OCC)cc3)c(=O)n2C1c1ccc(OC(C)C)c(OC)c1. The van der Waals surface area contributed by atoms with E-state index in [4.69, 9.17) is 23.7 Å². The van der Waals surface area contributed by atoms with Crippen LogP contribution in [0.3, 0.4) is 0 Å². The van der Waals surface area contributed by atoms with E-state index < -0.39 is 24.1 Å². The summed E-state index contributed by atoms with van der Waals surface area (Å²) in [5, 5.41) is 0. The van der Waals surface area contributed by atoms with Crippen LogP contribution in [0.1, 0.15) is 58.7 Å². The highest BCUT2D eigenvalue weighted by molar-refractivity contribution is 7.07. The second kappa shape index (κ2) is 13.7. The van der Waals surface area contributed by atoms with Gasteiger partial charge in [-0.15, -0.1) is 0 Å². The van der Waals surface area contributed by atoms with Gasteiger partial charge in [0, 0.05) is 0 Å². The molecule has 43 heavy (non-hydrogen) atoms. The fourth-order valence-corrected chi connectivity index (χ4v) is 5.66. The number of hydrogen-bond donors (Lipinski definition) is 0. The maximum atomic E-state index is 13.9. The number of allylic oxidation sites excluding steroid dienone is 1. The Morgan fingerprint density at radius 3 is 2.33 bits per heavy atom. The van der Waals surface area contributed by atoms with Crippen LogP contribution < -0.4 is 29.1 Å². The van der Waals surface area contributed by atoms with Crippen LogP contribution in [0.4, 0.5) is 0 Å². The number of benzene rings is 2. The van der Waals surface area contributed by atoms with Gasteiger partial charge in [0.25, 0.3) is 5.56 Å². The van der Waals surface area contributed by atoms with E-state index in [2.05, 4.69) is 4.99 Å². The lowest BCUT2D eigenvalue weighted by Crippen LogP contribution is -2.40. The molecule has 0 bridgehead atoms. The van der Waals surface area contributed by atoms with E-state index >= 15 is 0 Å². The molecular formula is C32H36N2O8S. The van der Waals surface area contributed by atoms with Crippen molar-refractivity contribution >= 4 is 29.4 Å². The number of methoxy groups -OCH3 is 1. The summed E-state index contributed by atoms with van der Waals surface area (Å²) in [7, 11) is 1.54. The molecule has 0 spiro atoms. The van der Waals surface area contributed by atoms with E-state index in [0.29, 0.717) is 37.8 Å². The van der Waals surface area contributed by atoms with Crippen molar-refractivity contribution in [3.63, 3.8) is 0 Å². The van der Waals surface area contributed by atoms with E-state index in [-0.39, 0.29) is 30.5 Å². The van der Waals surface area contributed by atoms with Crippen molar-refractivity contribution in [2.24, 2.45) is 4.99 Å². The predicted molar refractivity (Wildman–Crippen MR) is 162 cm³/mol. The molecule has 0 N–H and O–H groups in total. The van der Waals surface area contributed by atoms with Crippen LogP contribution in [-0.2, 0) is 19.1 Å². The van der Waals surface area contributed by atoms with Crippen molar-refractivity contribution < 1.29 is 33.3 Å². The largest absolute Gasteiger partial charge is 0.493 e. The molecule has 11 heteroatoms. The van der Waals surface area contributed by atoms with Crippen molar-refractivity contribution in [2.45, 2.75) is 59.8 Å². The van der Waals surface area contributed by atoms with Gasteiger partial charge < -0.3 is 23.7 Å². The Bertz CT molecular complexity index is 1700. The topological polar surface area (TPSA) is 115 Å². The highest BCUT2D eigenvalue weighted by atomic mass is 32.1. The summed E-state index contributed by atoms with van der Waals surface area (Å²) in [6.45, 7) is 11.1. The summed E-state index contributed by atoms with van der Waals surface area (Å²) < 4.78 is 29.5. The molecule has 1 aliphatic rings. The number of thiazole rings is 1. The summed E-state index contributed by atoms with van der Waals surface area (Å²) in [4.78, 5) is 44.1. The van der Waals surface area contributed by atoms with Gasteiger partial charge >= 0.3 is 11.9 Å². The Hall–Kier alpha value is -4.38. The third-order valence-electron chi connectivity index (χ3n) is 6.49. The number of fused-ring (bicyclic) bond motifs is 1. The van der Waals surface area contributed by atoms with Crippen LogP contribution in [0.5, 0.6) is 17.2 Å². The Morgan fingerprint density at radius 2 is 1.70 bits per heavy atom. The predicted octanol–water partition coefficient (Wildman–Crippen LogP) is 3.92. The number of esters is 2. The summed E-state index contributed by atoms with van der Waals surface area (Å²) >= 11 is 1.23. The minimum Gasteiger partial charge on any atom is -0.493 e. The molecule has 2 atom stereocenters. The first-order valence-corrected chi connectivity index (χ1v) is 14.9. The zero-order valence-corrected chi connectivity index (χ0v) is 26.2. The van der Waals surface area contributed by atoms with E-state index in [0.717, 1.165) is 5.56 Å². The number of carbonyl (C=O) groups excluding carboxylic acids is 2. The molecule has 0 radical (unpaired) electrons. The molecular weight excluding hydrogens is 572 g/mol. The fourth-order valence-electron chi connectivity index (χ4n) is 4.62. The van der Waals surface area contributed by atoms with Crippen LogP contribution in [0, 0.1) is 0 Å². The minimum absolute atomic E-state index is 0.0729. The first-order valence-electron chi connectivity index (χ1n) is 14.0. The van der Waals surface area contributed by atoms with Gasteiger partial charge in [-0.25, -0.2) is 14.6 Å². The molecule has 10 nitrogen and oxygen atoms in total. The average Bonchev–Trinajstić information content (AvgIpc) is 3.27. The highest BCUT2D eigenvalue weighted by Gasteiger charge is 2.34. The third-order valence-corrected chi connectivity index (χ3v) is 7.48. The first-order chi connectivity index (χ1) is 20.6. The number of rotatable bonds is 11. The number of aromatic nitrogens is 1. The molecule has 1 aromatic heterocycles. The van der Waals surface area contributed by atoms with Crippen molar-refractivity contribution in [3.05, 3.63) is 84.5 Å². The molecule has 2 unspecified atom stereocenters. The maximum absolute atomic E-state index is 13.9. The quantitative estimate of drug-likeness (QED) is 0.301. The number of nitrogens with zero attached hydrogens (tertiary/aromatic N) is 2. The van der Waals surface area contributed by atoms with Gasteiger partial charge in [-0.05, 0) is 83.0 Å². The zero-order valence-electron chi connectivity index (χ0n) is 25.3. The number of carbonyl (C=O) groups is 2. The standard InChI is InChI=1S/C32H36N2O8S/c1-8-39-30(36)20(6)42-23-13-10-21(11-14-23)16-26-29(35)34-28(22-12-15-24(41-18(3)4)25(17-22)38-7)27(31(37)40-9-2)19(5)33-32(34)43-26/h10-18,20,28H,8-9H2,1-7H3. The van der Waals surface area contributed by atoms with E-state index in [9.17, 15) is 14.4 Å². The molecule has 0 aliphatic carbocycles. The summed E-state index contributed by atoms with van der Waals surface area (Å²) in [5.74, 6) is 0.533. The van der Waals surface area contributed by atoms with Gasteiger partial charge in [0.1, 0.15) is 5.75 Å². The fraction of sp³-hybridized carbons (Fsp3) is 0.375. The summed E-state index contributed by atoms with van der Waals surface area (Å²) in [6, 6.07) is 11.6. The molecule has 0 saturated carbocycles. The van der Waals surface area contributed by atoms with Gasteiger partial charge in [-0.1, -0.05) is 29.5 Å². The molecule has 0 amide bonds. The van der Waals surface area contributed by atoms with Crippen LogP contribution in [0.15, 0.2) is 63.5 Å². The lowest BCUT2D eigenvalue weighted by Gasteiger charge is -2.25. The number of hydrogen-bond acceptors (Lipinski definition) is 10. The van der Waals surface area contributed by atoms with Crippen LogP contribution in [-0.4, -0.2) is 49.0 Å². The van der Waals surface area contributed by atoms with Gasteiger partial charge in [-0.2, -0.15) is 0 Å². The molecule has 228 valence electrons. The molecule has 3 aromatic rings. The highest BCUT2D eigenvalue weighted by Crippen LogP contribution is 2.36. The first kappa shape index (κ1) is 31.6. The zero-order chi connectivity index (χ0) is 31.3. The second-order valence-electron chi connectivity index (χ2n) is 9.96. The van der Waals surface area contributed by atoms with Gasteiger partial charge in [-0.3, -0.25) is 9.36 Å². The Kier molecular flexibility index (Phi) is 10.1. The molecule has 1 aliphatic heterocycles. The lowest BCUT2D eigenvalue weighted by molar-refractivity contribution is -0.150. The van der Waals surface area contributed by atoms with Crippen molar-refractivity contribution in [3.8, 4) is 17.2 Å². The lowest BCUT2D eigenvalue weighted by atomic mass is 9.95. The van der Waals surface area contributed by atoms with Gasteiger partial charge in [0.15, 0.2) is 22.4 Å². The third kappa shape index (κ3) is 6.99. The summed E-state index contributed by atoms with van der Waals surface area (Å²) in [6.07, 6.45) is 0.926. The number of ether oxygens (including phenoxy) is 5. The average molecular weight is 609 g/mol. The minimum atomic E-state index is -0.792. The summed E-state index contributed by atoms with van der Waals surface area (Å²) in [5.41, 5.74) is 1.83. The van der Waals surface area contributed by atoms with E-state index in [1.54, 1.807) is 77.3 Å². The second-order valence-corrected chi connectivity index (χ2v) is 11.0. The normalized spacial score (nSPS) is 15.4. The van der Waals surface area contributed by atoms with Crippen molar-refractivity contribution in [2.75, 3.05) is 20.3 Å². The maximum Gasteiger partial charge on any atom is 0.347 e. The van der Waals surface area contributed by atoms with E-state index in [1.807, 2.05) is 19.9 Å². The van der Waals surface area contributed by atoms with Crippen LogP contribution >= 0.6 is 11.3 Å². The van der Waals surface area contributed by atoms with Crippen LogP contribution in [0.25, 0.3) is 6.08 Å². The molecule has 0 fully saturated rings. The monoisotopic (exact) mass is 608 g/mol. The Labute approximate surface area is 253 Å². The smallest absolute Gasteiger partial charge is 0.347 e. The van der Waals surface area contributed by atoms with Crippen molar-refractivity contribution in [1.29, 1.82) is 0 Å². The molecule has 2 heterocycles. The Balaban J connectivity index is 1.78. The molecule has 0 saturated heterocycles. The van der Waals surface area contributed by atoms with Gasteiger partial charge in [0.05, 0.1) is 48.3 Å². The molecule has 2 aromatic carbocycles.